The van der Waals surface area contributed by atoms with E-state index >= 15 is 0 Å². The van der Waals surface area contributed by atoms with Gasteiger partial charge >= 0.3 is 0 Å². The van der Waals surface area contributed by atoms with Crippen LogP contribution in [0.1, 0.15) is 15.9 Å². The molecule has 1 saturated heterocycles. The molecular formula is C29H31N5O3. The number of anilines is 2. The van der Waals surface area contributed by atoms with Gasteiger partial charge in [0.25, 0.3) is 5.91 Å². The topological polar surface area (TPSA) is 79.7 Å². The van der Waals surface area contributed by atoms with Crippen molar-refractivity contribution in [2.24, 2.45) is 0 Å². The number of hydrogen-bond acceptors (Lipinski definition) is 5. The van der Waals surface area contributed by atoms with Crippen molar-refractivity contribution in [3.63, 3.8) is 0 Å². The number of ether oxygens (including phenoxy) is 1. The Kier molecular flexibility index (Phi) is 7.46. The van der Waals surface area contributed by atoms with Gasteiger partial charge in [-0.25, -0.2) is 4.98 Å². The van der Waals surface area contributed by atoms with Crippen LogP contribution in [0.4, 0.5) is 11.4 Å². The molecule has 4 aromatic rings. The minimum atomic E-state index is -0.278. The summed E-state index contributed by atoms with van der Waals surface area (Å²) in [5, 5.41) is 2.84. The maximum atomic E-state index is 13.9. The molecule has 0 bridgehead atoms. The van der Waals surface area contributed by atoms with Crippen molar-refractivity contribution >= 4 is 34.2 Å². The molecule has 2 heterocycles. The van der Waals surface area contributed by atoms with Crippen LogP contribution >= 0.6 is 0 Å². The number of benzene rings is 3. The summed E-state index contributed by atoms with van der Waals surface area (Å²) in [6.07, 6.45) is 2.60. The first-order valence-corrected chi connectivity index (χ1v) is 12.5. The molecular weight excluding hydrogens is 466 g/mol. The van der Waals surface area contributed by atoms with Crippen molar-refractivity contribution in [1.82, 2.24) is 14.5 Å². The van der Waals surface area contributed by atoms with E-state index in [2.05, 4.69) is 39.5 Å². The van der Waals surface area contributed by atoms with Crippen LogP contribution in [0, 0.1) is 0 Å². The number of aromatic nitrogens is 2. The molecule has 1 N–H and O–H groups in total. The third-order valence-electron chi connectivity index (χ3n) is 6.68. The van der Waals surface area contributed by atoms with Gasteiger partial charge in [0.1, 0.15) is 6.61 Å². The number of hydrogen-bond donors (Lipinski definition) is 1. The third-order valence-corrected chi connectivity index (χ3v) is 6.68. The monoisotopic (exact) mass is 497 g/mol. The van der Waals surface area contributed by atoms with Crippen molar-refractivity contribution in [1.29, 1.82) is 0 Å². The fraction of sp³-hybridized carbons (Fsp3) is 0.276. The van der Waals surface area contributed by atoms with E-state index in [0.29, 0.717) is 36.4 Å². The van der Waals surface area contributed by atoms with Crippen LogP contribution in [-0.4, -0.2) is 66.2 Å². The molecule has 8 nitrogen and oxygen atoms in total. The molecule has 0 radical (unpaired) electrons. The Morgan fingerprint density at radius 3 is 2.35 bits per heavy atom. The molecule has 0 unspecified atom stereocenters. The van der Waals surface area contributed by atoms with Crippen molar-refractivity contribution < 1.29 is 14.3 Å². The number of nitrogens with zero attached hydrogens (tertiary/aromatic N) is 4. The van der Waals surface area contributed by atoms with E-state index in [0.717, 1.165) is 25.0 Å². The van der Waals surface area contributed by atoms with E-state index < -0.39 is 0 Å². The molecule has 2 amide bonds. The van der Waals surface area contributed by atoms with Crippen LogP contribution in [0.2, 0.25) is 0 Å². The van der Waals surface area contributed by atoms with Gasteiger partial charge < -0.3 is 24.4 Å². The second-order valence-electron chi connectivity index (χ2n) is 9.16. The lowest BCUT2D eigenvalue weighted by Gasteiger charge is -2.36. The van der Waals surface area contributed by atoms with Gasteiger partial charge in [0.15, 0.2) is 0 Å². The Morgan fingerprint density at radius 1 is 0.946 bits per heavy atom. The number of nitrogens with one attached hydrogen (secondary N) is 1. The van der Waals surface area contributed by atoms with Crippen molar-refractivity contribution in [2.45, 2.75) is 13.0 Å². The zero-order valence-corrected chi connectivity index (χ0v) is 21.0. The Labute approximate surface area is 216 Å². The molecule has 8 heteroatoms. The predicted octanol–water partition coefficient (Wildman–Crippen LogP) is 3.83. The summed E-state index contributed by atoms with van der Waals surface area (Å²) in [5.41, 5.74) is 4.93. The lowest BCUT2D eigenvalue weighted by Crippen LogP contribution is -2.48. The van der Waals surface area contributed by atoms with Gasteiger partial charge in [0.2, 0.25) is 5.91 Å². The number of piperazine rings is 1. The smallest absolute Gasteiger partial charge is 0.256 e. The quantitative estimate of drug-likeness (QED) is 0.400. The fourth-order valence-electron chi connectivity index (χ4n) is 4.81. The minimum absolute atomic E-state index is 0.0537. The number of fused-ring (bicyclic) bond motifs is 1. The zero-order valence-electron chi connectivity index (χ0n) is 21.0. The average Bonchev–Trinajstić information content (AvgIpc) is 3.35. The lowest BCUT2D eigenvalue weighted by molar-refractivity contribution is -0.119. The van der Waals surface area contributed by atoms with Gasteiger partial charge in [-0.05, 0) is 36.2 Å². The zero-order chi connectivity index (χ0) is 25.6. The third kappa shape index (κ3) is 5.65. The van der Waals surface area contributed by atoms with E-state index in [1.165, 1.54) is 18.4 Å². The number of amides is 2. The highest BCUT2D eigenvalue weighted by molar-refractivity contribution is 6.07. The Morgan fingerprint density at radius 2 is 1.65 bits per heavy atom. The lowest BCUT2D eigenvalue weighted by atomic mass is 10.1. The molecule has 5 rings (SSSR count). The predicted molar refractivity (Wildman–Crippen MR) is 145 cm³/mol. The number of carbonyl (C=O) groups excluding carboxylic acids is 2. The molecule has 0 saturated carbocycles. The van der Waals surface area contributed by atoms with Gasteiger partial charge in [0, 0.05) is 51.2 Å². The molecule has 0 atom stereocenters. The Bertz CT molecular complexity index is 1360. The number of rotatable bonds is 8. The van der Waals surface area contributed by atoms with Gasteiger partial charge in [-0.15, -0.1) is 0 Å². The second kappa shape index (κ2) is 11.3. The van der Waals surface area contributed by atoms with Gasteiger partial charge in [-0.2, -0.15) is 0 Å². The van der Waals surface area contributed by atoms with E-state index in [1.54, 1.807) is 12.4 Å². The normalized spacial score (nSPS) is 13.6. The standard InChI is InChI=1S/C29H31N5O3/c1-37-20-27(35)31-23-18-25(29(36)33-16-14-32(15-17-33)24-10-6-3-7-11-24)28-26(19-23)30-21-34(28)13-12-22-8-4-2-5-9-22/h2-11,18-19,21H,12-17,20H2,1H3,(H,31,35). The summed E-state index contributed by atoms with van der Waals surface area (Å²) < 4.78 is 6.99. The van der Waals surface area contributed by atoms with E-state index in [-0.39, 0.29) is 18.4 Å². The summed E-state index contributed by atoms with van der Waals surface area (Å²) >= 11 is 0. The Balaban J connectivity index is 1.42. The van der Waals surface area contributed by atoms with Crippen molar-refractivity contribution in [3.8, 4) is 0 Å². The van der Waals surface area contributed by atoms with Crippen LogP contribution in [0.3, 0.4) is 0 Å². The molecule has 190 valence electrons. The number of carbonyl (C=O) groups is 2. The molecule has 0 aliphatic carbocycles. The molecule has 1 aliphatic heterocycles. The first-order valence-electron chi connectivity index (χ1n) is 12.5. The first-order chi connectivity index (χ1) is 18.1. The molecule has 3 aromatic carbocycles. The van der Waals surface area contributed by atoms with Crippen LogP contribution in [-0.2, 0) is 22.5 Å². The largest absolute Gasteiger partial charge is 0.375 e. The first kappa shape index (κ1) is 24.5. The van der Waals surface area contributed by atoms with E-state index in [9.17, 15) is 9.59 Å². The average molecular weight is 498 g/mol. The number of para-hydroxylation sites is 1. The van der Waals surface area contributed by atoms with Gasteiger partial charge in [-0.1, -0.05) is 48.5 Å². The molecule has 37 heavy (non-hydrogen) atoms. The SMILES string of the molecule is COCC(=O)Nc1cc(C(=O)N2CCN(c3ccccc3)CC2)c2c(c1)ncn2CCc1ccccc1. The number of imidazole rings is 1. The fourth-order valence-corrected chi connectivity index (χ4v) is 4.81. The van der Waals surface area contributed by atoms with Crippen molar-refractivity contribution in [3.05, 3.63) is 90.3 Å². The summed E-state index contributed by atoms with van der Waals surface area (Å²) in [6.45, 7) is 3.39. The highest BCUT2D eigenvalue weighted by Gasteiger charge is 2.26. The summed E-state index contributed by atoms with van der Waals surface area (Å²) in [7, 11) is 1.47. The molecule has 1 aliphatic rings. The van der Waals surface area contributed by atoms with Crippen LogP contribution in [0.15, 0.2) is 79.1 Å². The summed E-state index contributed by atoms with van der Waals surface area (Å²) in [4.78, 5) is 34.9. The Hall–Kier alpha value is -4.17. The van der Waals surface area contributed by atoms with E-state index in [4.69, 9.17) is 4.74 Å². The maximum absolute atomic E-state index is 13.9. The molecule has 1 fully saturated rings. The van der Waals surface area contributed by atoms with Crippen LogP contribution in [0.25, 0.3) is 11.0 Å². The molecule has 1 aromatic heterocycles. The van der Waals surface area contributed by atoms with Gasteiger partial charge in [0.05, 0.1) is 22.9 Å². The number of methoxy groups -OCH3 is 1. The minimum Gasteiger partial charge on any atom is -0.375 e. The van der Waals surface area contributed by atoms with Gasteiger partial charge in [-0.3, -0.25) is 9.59 Å². The second-order valence-corrected chi connectivity index (χ2v) is 9.16. The van der Waals surface area contributed by atoms with Crippen molar-refractivity contribution in [2.75, 3.05) is 50.1 Å². The summed E-state index contributed by atoms with van der Waals surface area (Å²) in [5.74, 6) is -0.331. The highest BCUT2D eigenvalue weighted by atomic mass is 16.5. The van der Waals surface area contributed by atoms with Crippen LogP contribution < -0.4 is 10.2 Å². The van der Waals surface area contributed by atoms with E-state index in [1.807, 2.05) is 51.9 Å². The maximum Gasteiger partial charge on any atom is 0.256 e. The van der Waals surface area contributed by atoms with Crippen LogP contribution in [0.5, 0.6) is 0 Å². The highest BCUT2D eigenvalue weighted by Crippen LogP contribution is 2.26. The number of aryl methyl sites for hydroxylation is 2. The molecule has 0 spiro atoms. The summed E-state index contributed by atoms with van der Waals surface area (Å²) in [6, 6.07) is 24.1.